The lowest BCUT2D eigenvalue weighted by Crippen LogP contribution is -2.35. The van der Waals surface area contributed by atoms with Gasteiger partial charge in [-0.15, -0.1) is 0 Å². The molecule has 1 rings (SSSR count). The maximum atomic E-state index is 2.42. The monoisotopic (exact) mass is 391 g/mol. The summed E-state index contributed by atoms with van der Waals surface area (Å²) in [6.45, 7) is 10.2. The van der Waals surface area contributed by atoms with E-state index in [9.17, 15) is 0 Å². The Balaban J connectivity index is 1.81. The van der Waals surface area contributed by atoms with Crippen molar-refractivity contribution >= 4 is 0 Å². The Morgan fingerprint density at radius 1 is 0.679 bits per heavy atom. The van der Waals surface area contributed by atoms with Gasteiger partial charge < -0.3 is 0 Å². The molecule has 1 aromatic heterocycles. The molecular weight excluding hydrogens is 340 g/mol. The zero-order valence-corrected chi connectivity index (χ0v) is 19.9. The van der Waals surface area contributed by atoms with Crippen LogP contribution in [0.4, 0.5) is 0 Å². The second-order valence-electron chi connectivity index (χ2n) is 9.20. The molecule has 0 fully saturated rings. The fraction of sp³-hybridized carbons (Fsp3) is 0.885. The number of aryl methyl sites for hydroxylation is 1. The zero-order chi connectivity index (χ0) is 20.5. The van der Waals surface area contributed by atoms with Gasteiger partial charge in [0.25, 0.3) is 5.82 Å². The van der Waals surface area contributed by atoms with Crippen molar-refractivity contribution in [2.24, 2.45) is 0 Å². The van der Waals surface area contributed by atoms with Gasteiger partial charge in [-0.2, -0.15) is 0 Å². The highest BCUT2D eigenvalue weighted by Gasteiger charge is 2.13. The van der Waals surface area contributed by atoms with Crippen LogP contribution in [0.1, 0.15) is 142 Å². The van der Waals surface area contributed by atoms with E-state index in [0.717, 1.165) is 0 Å². The number of nitrogens with zero attached hydrogens (tertiary/aromatic N) is 2. The second kappa shape index (κ2) is 17.1. The fourth-order valence-corrected chi connectivity index (χ4v) is 4.31. The molecule has 0 saturated carbocycles. The third-order valence-electron chi connectivity index (χ3n) is 6.26. The molecule has 1 heterocycles. The van der Waals surface area contributed by atoms with E-state index in [1.165, 1.54) is 122 Å². The highest BCUT2D eigenvalue weighted by molar-refractivity contribution is 4.82. The van der Waals surface area contributed by atoms with Crippen LogP contribution in [0, 0.1) is 6.92 Å². The van der Waals surface area contributed by atoms with Crippen LogP contribution in [-0.4, -0.2) is 4.57 Å². The molecule has 0 aliphatic rings. The Labute approximate surface area is 177 Å². The predicted octanol–water partition coefficient (Wildman–Crippen LogP) is 8.32. The molecule has 0 bridgehead atoms. The minimum atomic E-state index is 0.566. The average Bonchev–Trinajstić information content (AvgIpc) is 3.05. The second-order valence-corrected chi connectivity index (χ2v) is 9.20. The van der Waals surface area contributed by atoms with Crippen molar-refractivity contribution in [2.75, 3.05) is 0 Å². The van der Waals surface area contributed by atoms with Crippen LogP contribution in [0.15, 0.2) is 12.4 Å². The summed E-state index contributed by atoms with van der Waals surface area (Å²) in [6.07, 6.45) is 29.0. The van der Waals surface area contributed by atoms with E-state index in [0.29, 0.717) is 6.04 Å². The van der Waals surface area contributed by atoms with Crippen molar-refractivity contribution in [3.05, 3.63) is 18.2 Å². The third-order valence-corrected chi connectivity index (χ3v) is 6.26. The smallest absolute Gasteiger partial charge is 0.234 e. The van der Waals surface area contributed by atoms with Gasteiger partial charge in [0, 0.05) is 6.92 Å². The van der Waals surface area contributed by atoms with E-state index in [2.05, 4.69) is 49.2 Å². The molecule has 0 aliphatic heterocycles. The van der Waals surface area contributed by atoms with Crippen LogP contribution in [0.25, 0.3) is 0 Å². The standard InChI is InChI=1S/C26H51N2/c1-5-6-7-8-9-10-11-12-13-14-15-16-17-18-19-20-21-22-27-23-24-28(25(2)3)26(27)4/h23-25H,5-22H2,1-4H3/q+1. The van der Waals surface area contributed by atoms with Gasteiger partial charge >= 0.3 is 0 Å². The molecule has 0 radical (unpaired) electrons. The molecule has 2 nitrogen and oxygen atoms in total. The van der Waals surface area contributed by atoms with Crippen molar-refractivity contribution in [3.8, 4) is 0 Å². The molecule has 28 heavy (non-hydrogen) atoms. The summed E-state index contributed by atoms with van der Waals surface area (Å²) in [4.78, 5) is 0. The number of imidazole rings is 1. The molecular formula is C26H51N2+. The van der Waals surface area contributed by atoms with Gasteiger partial charge in [0.15, 0.2) is 0 Å². The van der Waals surface area contributed by atoms with Gasteiger partial charge in [-0.25, -0.2) is 9.13 Å². The van der Waals surface area contributed by atoms with Gasteiger partial charge in [0.1, 0.15) is 12.4 Å². The molecule has 0 unspecified atom stereocenters. The zero-order valence-electron chi connectivity index (χ0n) is 19.9. The molecule has 0 spiro atoms. The van der Waals surface area contributed by atoms with Gasteiger partial charge in [0.2, 0.25) is 0 Å². The maximum absolute atomic E-state index is 2.42. The molecule has 0 aromatic carbocycles. The van der Waals surface area contributed by atoms with Gasteiger partial charge in [-0.05, 0) is 26.7 Å². The van der Waals surface area contributed by atoms with E-state index in [1.807, 2.05) is 0 Å². The lowest BCUT2D eigenvalue weighted by Gasteiger charge is -2.05. The van der Waals surface area contributed by atoms with Gasteiger partial charge in [0.05, 0.1) is 12.6 Å². The first-order valence-electron chi connectivity index (χ1n) is 12.7. The fourth-order valence-electron chi connectivity index (χ4n) is 4.31. The molecule has 0 atom stereocenters. The highest BCUT2D eigenvalue weighted by Crippen LogP contribution is 2.14. The van der Waals surface area contributed by atoms with E-state index in [-0.39, 0.29) is 0 Å². The maximum Gasteiger partial charge on any atom is 0.253 e. The Kier molecular flexibility index (Phi) is 15.4. The van der Waals surface area contributed by atoms with Crippen LogP contribution < -0.4 is 4.57 Å². The molecule has 1 aromatic rings. The van der Waals surface area contributed by atoms with Crippen molar-refractivity contribution < 1.29 is 4.57 Å². The van der Waals surface area contributed by atoms with Crippen molar-refractivity contribution in [1.29, 1.82) is 0 Å². The van der Waals surface area contributed by atoms with Crippen LogP contribution >= 0.6 is 0 Å². The van der Waals surface area contributed by atoms with E-state index < -0.39 is 0 Å². The first kappa shape index (κ1) is 25.2. The Morgan fingerprint density at radius 2 is 1.07 bits per heavy atom. The molecule has 2 heteroatoms. The lowest BCUT2D eigenvalue weighted by atomic mass is 10.0. The Hall–Kier alpha value is -0.790. The van der Waals surface area contributed by atoms with Crippen molar-refractivity contribution in [3.63, 3.8) is 0 Å². The van der Waals surface area contributed by atoms with Crippen LogP contribution in [-0.2, 0) is 6.54 Å². The number of hydrogen-bond acceptors (Lipinski definition) is 0. The summed E-state index contributed by atoms with van der Waals surface area (Å²) in [5.41, 5.74) is 0. The topological polar surface area (TPSA) is 8.81 Å². The lowest BCUT2D eigenvalue weighted by molar-refractivity contribution is -0.703. The summed E-state index contributed by atoms with van der Waals surface area (Å²) in [7, 11) is 0. The SMILES string of the molecule is CCCCCCCCCCCCCCCCCCC[n+]1ccn(C(C)C)c1C. The molecule has 0 N–H and O–H groups in total. The van der Waals surface area contributed by atoms with Gasteiger partial charge in [-0.3, -0.25) is 0 Å². The average molecular weight is 392 g/mol. The summed E-state index contributed by atoms with van der Waals surface area (Å²) in [5.74, 6) is 1.39. The largest absolute Gasteiger partial charge is 0.253 e. The minimum Gasteiger partial charge on any atom is -0.234 e. The number of rotatable bonds is 19. The summed E-state index contributed by atoms with van der Waals surface area (Å²) in [6, 6.07) is 0.566. The van der Waals surface area contributed by atoms with E-state index in [4.69, 9.17) is 0 Å². The minimum absolute atomic E-state index is 0.566. The summed E-state index contributed by atoms with van der Waals surface area (Å²) >= 11 is 0. The molecule has 0 aliphatic carbocycles. The van der Waals surface area contributed by atoms with Crippen molar-refractivity contribution in [1.82, 2.24) is 4.57 Å². The first-order chi connectivity index (χ1) is 13.7. The van der Waals surface area contributed by atoms with E-state index >= 15 is 0 Å². The van der Waals surface area contributed by atoms with Crippen LogP contribution in [0.2, 0.25) is 0 Å². The summed E-state index contributed by atoms with van der Waals surface area (Å²) < 4.78 is 4.79. The molecule has 164 valence electrons. The van der Waals surface area contributed by atoms with Crippen LogP contribution in [0.5, 0.6) is 0 Å². The Bertz CT molecular complexity index is 461. The van der Waals surface area contributed by atoms with Crippen molar-refractivity contribution in [2.45, 2.75) is 149 Å². The number of hydrogen-bond donors (Lipinski definition) is 0. The quantitative estimate of drug-likeness (QED) is 0.165. The first-order valence-corrected chi connectivity index (χ1v) is 12.7. The van der Waals surface area contributed by atoms with Gasteiger partial charge in [-0.1, -0.05) is 103 Å². The highest BCUT2D eigenvalue weighted by atomic mass is 15.2. The third kappa shape index (κ3) is 11.9. The van der Waals surface area contributed by atoms with E-state index in [1.54, 1.807) is 0 Å². The number of unbranched alkanes of at least 4 members (excludes halogenated alkanes) is 16. The Morgan fingerprint density at radius 3 is 1.43 bits per heavy atom. The summed E-state index contributed by atoms with van der Waals surface area (Å²) in [5, 5.41) is 0. The molecule has 0 saturated heterocycles. The number of aromatic nitrogens is 2. The van der Waals surface area contributed by atoms with Crippen LogP contribution in [0.3, 0.4) is 0 Å². The molecule has 0 amide bonds. The predicted molar refractivity (Wildman–Crippen MR) is 124 cm³/mol. The normalized spacial score (nSPS) is 11.6.